The van der Waals surface area contributed by atoms with E-state index < -0.39 is 0 Å². The van der Waals surface area contributed by atoms with Crippen LogP contribution in [-0.2, 0) is 11.2 Å². The van der Waals surface area contributed by atoms with Crippen LogP contribution in [-0.4, -0.2) is 51.6 Å². The number of halogens is 1. The lowest BCUT2D eigenvalue weighted by atomic mass is 10.1. The van der Waals surface area contributed by atoms with Crippen molar-refractivity contribution >= 4 is 28.9 Å². The molecule has 1 heterocycles. The van der Waals surface area contributed by atoms with E-state index in [-0.39, 0.29) is 24.1 Å². The quantitative estimate of drug-likeness (QED) is 0.429. The summed E-state index contributed by atoms with van der Waals surface area (Å²) in [6, 6.07) is 19.3. The Hall–Kier alpha value is -4.07. The molecule has 0 bridgehead atoms. The van der Waals surface area contributed by atoms with Crippen LogP contribution < -0.4 is 25.2 Å². The van der Waals surface area contributed by atoms with Crippen LogP contribution in [0.5, 0.6) is 5.75 Å². The summed E-state index contributed by atoms with van der Waals surface area (Å²) in [5.74, 6) is 0.408. The van der Waals surface area contributed by atoms with Gasteiger partial charge in [-0.3, -0.25) is 9.59 Å². The Morgan fingerprint density at radius 2 is 1.58 bits per heavy atom. The number of amides is 2. The number of nitrogens with one attached hydrogen (secondary N) is 2. The molecule has 1 fully saturated rings. The molecule has 0 spiro atoms. The second kappa shape index (κ2) is 12.4. The number of hydrogen-bond acceptors (Lipinski definition) is 5. The largest absolute Gasteiger partial charge is 0.495 e. The molecular formula is C30H35FN4O3. The summed E-state index contributed by atoms with van der Waals surface area (Å²) in [5, 5.41) is 5.90. The van der Waals surface area contributed by atoms with E-state index in [4.69, 9.17) is 4.74 Å². The number of ether oxygens (including phenoxy) is 1. The Balaban J connectivity index is 1.50. The summed E-state index contributed by atoms with van der Waals surface area (Å²) in [4.78, 5) is 30.4. The average Bonchev–Trinajstić information content (AvgIpc) is 2.93. The molecule has 1 aliphatic heterocycles. The monoisotopic (exact) mass is 518 g/mol. The summed E-state index contributed by atoms with van der Waals surface area (Å²) in [6.45, 7) is 7.68. The molecule has 3 aromatic rings. The molecule has 4 rings (SSSR count). The minimum Gasteiger partial charge on any atom is -0.495 e. The summed E-state index contributed by atoms with van der Waals surface area (Å²) in [5.41, 5.74) is 3.67. The fourth-order valence-corrected chi connectivity index (χ4v) is 4.54. The second-order valence-electron chi connectivity index (χ2n) is 9.83. The minimum atomic E-state index is -0.342. The Morgan fingerprint density at radius 1 is 0.921 bits per heavy atom. The van der Waals surface area contributed by atoms with E-state index >= 15 is 0 Å². The zero-order valence-corrected chi connectivity index (χ0v) is 22.2. The number of carbonyl (C=O) groups is 2. The highest BCUT2D eigenvalue weighted by Gasteiger charge is 2.24. The van der Waals surface area contributed by atoms with Crippen molar-refractivity contribution in [1.29, 1.82) is 0 Å². The van der Waals surface area contributed by atoms with Gasteiger partial charge in [-0.2, -0.15) is 0 Å². The van der Waals surface area contributed by atoms with Gasteiger partial charge in [-0.25, -0.2) is 4.39 Å². The maximum Gasteiger partial charge on any atom is 0.253 e. The van der Waals surface area contributed by atoms with Crippen LogP contribution >= 0.6 is 0 Å². The minimum absolute atomic E-state index is 0.113. The fraction of sp³-hybridized carbons (Fsp3) is 0.333. The van der Waals surface area contributed by atoms with E-state index in [9.17, 15) is 14.0 Å². The van der Waals surface area contributed by atoms with Crippen LogP contribution in [0.25, 0.3) is 0 Å². The van der Waals surface area contributed by atoms with Crippen LogP contribution in [0.1, 0.15) is 29.8 Å². The first-order valence-electron chi connectivity index (χ1n) is 12.9. The maximum absolute atomic E-state index is 13.2. The molecule has 1 aliphatic rings. The molecule has 8 heteroatoms. The zero-order valence-electron chi connectivity index (χ0n) is 22.2. The molecule has 7 nitrogen and oxygen atoms in total. The number of hydrogen-bond donors (Lipinski definition) is 2. The third-order valence-electron chi connectivity index (χ3n) is 6.52. The van der Waals surface area contributed by atoms with E-state index in [2.05, 4.69) is 26.5 Å². The predicted octanol–water partition coefficient (Wildman–Crippen LogP) is 4.73. The molecule has 0 saturated carbocycles. The van der Waals surface area contributed by atoms with Gasteiger partial charge in [0, 0.05) is 44.1 Å². The molecule has 2 N–H and O–H groups in total. The number of anilines is 3. The van der Waals surface area contributed by atoms with Crippen LogP contribution in [0, 0.1) is 11.7 Å². The van der Waals surface area contributed by atoms with Gasteiger partial charge in [-0.15, -0.1) is 0 Å². The van der Waals surface area contributed by atoms with Gasteiger partial charge in [0.05, 0.1) is 24.8 Å². The highest BCUT2D eigenvalue weighted by Crippen LogP contribution is 2.31. The third-order valence-corrected chi connectivity index (χ3v) is 6.52. The Labute approximate surface area is 223 Å². The lowest BCUT2D eigenvalue weighted by Crippen LogP contribution is -2.47. The van der Waals surface area contributed by atoms with Crippen LogP contribution in [0.2, 0.25) is 0 Å². The number of nitrogens with zero attached hydrogens (tertiary/aromatic N) is 2. The second-order valence-corrected chi connectivity index (χ2v) is 9.83. The molecule has 0 atom stereocenters. The van der Waals surface area contributed by atoms with E-state index in [0.717, 1.165) is 43.3 Å². The van der Waals surface area contributed by atoms with Crippen molar-refractivity contribution in [3.8, 4) is 5.75 Å². The van der Waals surface area contributed by atoms with Crippen molar-refractivity contribution in [3.63, 3.8) is 0 Å². The van der Waals surface area contributed by atoms with Gasteiger partial charge in [0.2, 0.25) is 5.91 Å². The van der Waals surface area contributed by atoms with Gasteiger partial charge in [0.25, 0.3) is 5.91 Å². The van der Waals surface area contributed by atoms with Gasteiger partial charge in [0.1, 0.15) is 11.6 Å². The molecular weight excluding hydrogens is 483 g/mol. The van der Waals surface area contributed by atoms with Gasteiger partial charge >= 0.3 is 0 Å². The summed E-state index contributed by atoms with van der Waals surface area (Å²) < 4.78 is 18.7. The summed E-state index contributed by atoms with van der Waals surface area (Å²) >= 11 is 0. The van der Waals surface area contributed by atoms with E-state index in [1.54, 1.807) is 25.3 Å². The maximum atomic E-state index is 13.2. The van der Waals surface area contributed by atoms with Gasteiger partial charge in [-0.05, 0) is 53.9 Å². The van der Waals surface area contributed by atoms with Crippen LogP contribution in [0.15, 0.2) is 66.7 Å². The molecule has 3 aromatic carbocycles. The molecule has 38 heavy (non-hydrogen) atoms. The number of para-hydroxylation sites is 2. The summed E-state index contributed by atoms with van der Waals surface area (Å²) in [7, 11) is 1.68. The highest BCUT2D eigenvalue weighted by atomic mass is 19.1. The third kappa shape index (κ3) is 6.82. The van der Waals surface area contributed by atoms with E-state index in [1.165, 1.54) is 12.1 Å². The van der Waals surface area contributed by atoms with Crippen molar-refractivity contribution in [2.45, 2.75) is 20.3 Å². The molecule has 2 amide bonds. The van der Waals surface area contributed by atoms with Crippen molar-refractivity contribution in [3.05, 3.63) is 83.7 Å². The number of piperazine rings is 1. The standard InChI is InChI=1S/C30H35FN4O3/c1-21(2)20-32-30(37)25-19-24(33-29(36)18-22-8-10-23(31)11-9-22)12-13-26(25)34-14-16-35(17-15-34)27-6-4-5-7-28(27)38-3/h4-13,19,21H,14-18,20H2,1-3H3,(H,32,37)(H,33,36). The molecule has 0 unspecified atom stereocenters. The fourth-order valence-electron chi connectivity index (χ4n) is 4.54. The number of carbonyl (C=O) groups excluding carboxylic acids is 2. The van der Waals surface area contributed by atoms with Gasteiger partial charge < -0.3 is 25.2 Å². The number of methoxy groups -OCH3 is 1. The lowest BCUT2D eigenvalue weighted by Gasteiger charge is -2.38. The molecule has 200 valence electrons. The molecule has 0 radical (unpaired) electrons. The topological polar surface area (TPSA) is 73.9 Å². The SMILES string of the molecule is COc1ccccc1N1CCN(c2ccc(NC(=O)Cc3ccc(F)cc3)cc2C(=O)NCC(C)C)CC1. The zero-order chi connectivity index (χ0) is 27.1. The first-order chi connectivity index (χ1) is 18.3. The molecule has 0 aliphatic carbocycles. The van der Waals surface area contributed by atoms with E-state index in [1.807, 2.05) is 44.2 Å². The van der Waals surface area contributed by atoms with Crippen molar-refractivity contribution in [2.24, 2.45) is 5.92 Å². The first-order valence-corrected chi connectivity index (χ1v) is 12.9. The normalized spacial score (nSPS) is 13.4. The molecule has 1 saturated heterocycles. The first kappa shape index (κ1) is 27.0. The van der Waals surface area contributed by atoms with E-state index in [0.29, 0.717) is 29.3 Å². The van der Waals surface area contributed by atoms with Crippen molar-refractivity contribution < 1.29 is 18.7 Å². The lowest BCUT2D eigenvalue weighted by molar-refractivity contribution is -0.115. The summed E-state index contributed by atoms with van der Waals surface area (Å²) in [6.07, 6.45) is 0.113. The Kier molecular flexibility index (Phi) is 8.84. The Morgan fingerprint density at radius 3 is 2.24 bits per heavy atom. The predicted molar refractivity (Wildman–Crippen MR) is 150 cm³/mol. The van der Waals surface area contributed by atoms with Crippen molar-refractivity contribution in [1.82, 2.24) is 5.32 Å². The van der Waals surface area contributed by atoms with Gasteiger partial charge in [-0.1, -0.05) is 38.1 Å². The number of benzene rings is 3. The Bertz CT molecular complexity index is 1250. The smallest absolute Gasteiger partial charge is 0.253 e. The van der Waals surface area contributed by atoms with Gasteiger partial charge in [0.15, 0.2) is 0 Å². The average molecular weight is 519 g/mol. The molecule has 0 aromatic heterocycles. The number of rotatable bonds is 9. The van der Waals surface area contributed by atoms with Crippen LogP contribution in [0.4, 0.5) is 21.5 Å². The van der Waals surface area contributed by atoms with Crippen LogP contribution in [0.3, 0.4) is 0 Å². The van der Waals surface area contributed by atoms with Crippen molar-refractivity contribution in [2.75, 3.05) is 55.0 Å². The highest BCUT2D eigenvalue weighted by molar-refractivity contribution is 6.02.